The van der Waals surface area contributed by atoms with Crippen LogP contribution in [0.1, 0.15) is 39.3 Å². The molecular formula is C16H23N5OS. The third-order valence-electron chi connectivity index (χ3n) is 4.35. The number of nitrogens with zero attached hydrogens (tertiary/aromatic N) is 5. The Morgan fingerprint density at radius 2 is 2.00 bits per heavy atom. The number of hydrogen-bond donors (Lipinski definition) is 0. The van der Waals surface area contributed by atoms with Crippen molar-refractivity contribution in [3.63, 3.8) is 0 Å². The summed E-state index contributed by atoms with van der Waals surface area (Å²) in [6, 6.07) is 3.49. The maximum Gasteiger partial charge on any atom is 0.266 e. The molecule has 1 aliphatic rings. The van der Waals surface area contributed by atoms with Crippen LogP contribution >= 0.6 is 11.7 Å². The first-order valence-electron chi connectivity index (χ1n) is 8.04. The third kappa shape index (κ3) is 3.77. The Bertz CT molecular complexity index is 696. The Labute approximate surface area is 140 Å². The van der Waals surface area contributed by atoms with Crippen LogP contribution in [0.2, 0.25) is 0 Å². The van der Waals surface area contributed by atoms with E-state index in [4.69, 9.17) is 0 Å². The highest BCUT2D eigenvalue weighted by Crippen LogP contribution is 2.23. The molecule has 0 unspecified atom stereocenters. The van der Waals surface area contributed by atoms with Gasteiger partial charge in [0, 0.05) is 31.1 Å². The van der Waals surface area contributed by atoms with Gasteiger partial charge in [-0.1, -0.05) is 20.8 Å². The topological polar surface area (TPSA) is 63.9 Å². The fourth-order valence-corrected chi connectivity index (χ4v) is 3.30. The lowest BCUT2D eigenvalue weighted by atomic mass is 9.92. The number of aromatic nitrogens is 4. The molecule has 0 radical (unpaired) electrons. The van der Waals surface area contributed by atoms with E-state index in [0.717, 1.165) is 37.4 Å². The largest absolute Gasteiger partial charge is 0.354 e. The lowest BCUT2D eigenvalue weighted by Crippen LogP contribution is -2.37. The van der Waals surface area contributed by atoms with Crippen molar-refractivity contribution in [3.05, 3.63) is 34.4 Å². The molecular weight excluding hydrogens is 310 g/mol. The van der Waals surface area contributed by atoms with Gasteiger partial charge in [-0.3, -0.25) is 4.79 Å². The van der Waals surface area contributed by atoms with E-state index in [1.54, 1.807) is 10.7 Å². The Kier molecular flexibility index (Phi) is 4.48. The molecule has 0 saturated carbocycles. The summed E-state index contributed by atoms with van der Waals surface area (Å²) >= 11 is 1.25. The molecule has 0 atom stereocenters. The molecule has 124 valence electrons. The number of rotatable bonds is 3. The predicted octanol–water partition coefficient (Wildman–Crippen LogP) is 2.31. The summed E-state index contributed by atoms with van der Waals surface area (Å²) in [6.45, 7) is 8.97. The summed E-state index contributed by atoms with van der Waals surface area (Å²) in [5.74, 6) is 1.46. The summed E-state index contributed by atoms with van der Waals surface area (Å²) in [7, 11) is 0. The summed E-state index contributed by atoms with van der Waals surface area (Å²) < 4.78 is 10.00. The van der Waals surface area contributed by atoms with E-state index >= 15 is 0 Å². The number of hydrogen-bond acceptors (Lipinski definition) is 6. The average Bonchev–Trinajstić information content (AvgIpc) is 3.03. The van der Waals surface area contributed by atoms with Crippen LogP contribution in [0.15, 0.2) is 23.1 Å². The SMILES string of the molecule is CC(C)(C)c1ccc(=O)n(CC2CCN(c3cnsn3)CC2)n1. The van der Waals surface area contributed by atoms with Crippen LogP contribution < -0.4 is 10.5 Å². The van der Waals surface area contributed by atoms with Crippen molar-refractivity contribution in [1.82, 2.24) is 18.5 Å². The molecule has 2 aromatic heterocycles. The second-order valence-corrected chi connectivity index (χ2v) is 7.74. The van der Waals surface area contributed by atoms with Gasteiger partial charge in [0.15, 0.2) is 5.82 Å². The Balaban J connectivity index is 1.66. The second-order valence-electron chi connectivity index (χ2n) is 7.18. The van der Waals surface area contributed by atoms with Crippen LogP contribution in [0, 0.1) is 5.92 Å². The second kappa shape index (κ2) is 6.39. The van der Waals surface area contributed by atoms with Gasteiger partial charge in [0.2, 0.25) is 0 Å². The first-order valence-corrected chi connectivity index (χ1v) is 8.77. The van der Waals surface area contributed by atoms with Gasteiger partial charge in [-0.05, 0) is 24.8 Å². The van der Waals surface area contributed by atoms with E-state index in [-0.39, 0.29) is 11.0 Å². The van der Waals surface area contributed by atoms with E-state index in [0.29, 0.717) is 12.5 Å². The van der Waals surface area contributed by atoms with Gasteiger partial charge in [0.05, 0.1) is 23.6 Å². The minimum Gasteiger partial charge on any atom is -0.354 e. The standard InChI is InChI=1S/C16H23N5OS/c1-16(2,3)13-4-5-15(22)21(18-13)11-12-6-8-20(9-7-12)14-10-17-23-19-14/h4-5,10,12H,6-9,11H2,1-3H3. The number of anilines is 1. The van der Waals surface area contributed by atoms with Crippen LogP contribution in [0.4, 0.5) is 5.82 Å². The van der Waals surface area contributed by atoms with Gasteiger partial charge >= 0.3 is 0 Å². The summed E-state index contributed by atoms with van der Waals surface area (Å²) in [4.78, 5) is 14.4. The normalized spacial score (nSPS) is 16.7. The van der Waals surface area contributed by atoms with Crippen LogP contribution in [-0.2, 0) is 12.0 Å². The first kappa shape index (κ1) is 16.1. The molecule has 2 aromatic rings. The van der Waals surface area contributed by atoms with E-state index in [1.165, 1.54) is 11.7 Å². The van der Waals surface area contributed by atoms with Crippen molar-refractivity contribution in [1.29, 1.82) is 0 Å². The maximum atomic E-state index is 12.1. The first-order chi connectivity index (χ1) is 10.9. The summed E-state index contributed by atoms with van der Waals surface area (Å²) in [5.41, 5.74) is 0.906. The smallest absolute Gasteiger partial charge is 0.266 e. The van der Waals surface area contributed by atoms with Crippen molar-refractivity contribution in [2.45, 2.75) is 45.6 Å². The van der Waals surface area contributed by atoms with Crippen molar-refractivity contribution >= 4 is 17.5 Å². The third-order valence-corrected chi connectivity index (χ3v) is 4.82. The molecule has 6 nitrogen and oxygen atoms in total. The van der Waals surface area contributed by atoms with Gasteiger partial charge in [-0.25, -0.2) is 4.68 Å². The molecule has 3 heterocycles. The van der Waals surface area contributed by atoms with E-state index < -0.39 is 0 Å². The molecule has 0 aromatic carbocycles. The lowest BCUT2D eigenvalue weighted by molar-refractivity contribution is 0.329. The molecule has 3 rings (SSSR count). The average molecular weight is 333 g/mol. The molecule has 1 aliphatic heterocycles. The quantitative estimate of drug-likeness (QED) is 0.862. The molecule has 0 aliphatic carbocycles. The van der Waals surface area contributed by atoms with Crippen molar-refractivity contribution in [2.75, 3.05) is 18.0 Å². The van der Waals surface area contributed by atoms with Crippen LogP contribution in [0.5, 0.6) is 0 Å². The highest BCUT2D eigenvalue weighted by atomic mass is 32.1. The van der Waals surface area contributed by atoms with Gasteiger partial charge < -0.3 is 4.90 Å². The van der Waals surface area contributed by atoms with Crippen LogP contribution in [-0.4, -0.2) is 31.6 Å². The van der Waals surface area contributed by atoms with E-state index in [1.807, 2.05) is 12.3 Å². The zero-order valence-electron chi connectivity index (χ0n) is 13.9. The minimum atomic E-state index is -0.0452. The van der Waals surface area contributed by atoms with Crippen molar-refractivity contribution in [2.24, 2.45) is 5.92 Å². The van der Waals surface area contributed by atoms with Crippen LogP contribution in [0.25, 0.3) is 0 Å². The number of piperidine rings is 1. The molecule has 0 amide bonds. The van der Waals surface area contributed by atoms with Gasteiger partial charge in [0.25, 0.3) is 5.56 Å². The fraction of sp³-hybridized carbons (Fsp3) is 0.625. The molecule has 0 bridgehead atoms. The van der Waals surface area contributed by atoms with Gasteiger partial charge in [0.1, 0.15) is 0 Å². The molecule has 0 spiro atoms. The molecule has 23 heavy (non-hydrogen) atoms. The highest BCUT2D eigenvalue weighted by molar-refractivity contribution is 6.99. The Morgan fingerprint density at radius 1 is 1.26 bits per heavy atom. The molecule has 7 heteroatoms. The predicted molar refractivity (Wildman–Crippen MR) is 92.0 cm³/mol. The van der Waals surface area contributed by atoms with E-state index in [2.05, 4.69) is 39.5 Å². The van der Waals surface area contributed by atoms with Crippen molar-refractivity contribution < 1.29 is 0 Å². The Hall–Kier alpha value is -1.76. The molecule has 1 fully saturated rings. The minimum absolute atomic E-state index is 0.0101. The van der Waals surface area contributed by atoms with Gasteiger partial charge in [-0.15, -0.1) is 0 Å². The summed E-state index contributed by atoms with van der Waals surface area (Å²) in [6.07, 6.45) is 3.92. The monoisotopic (exact) mass is 333 g/mol. The summed E-state index contributed by atoms with van der Waals surface area (Å²) in [5, 5.41) is 4.58. The Morgan fingerprint density at radius 3 is 2.61 bits per heavy atom. The molecule has 1 saturated heterocycles. The molecule has 0 N–H and O–H groups in total. The highest BCUT2D eigenvalue weighted by Gasteiger charge is 2.23. The van der Waals surface area contributed by atoms with E-state index in [9.17, 15) is 4.79 Å². The maximum absolute atomic E-state index is 12.1. The zero-order chi connectivity index (χ0) is 16.4. The fourth-order valence-electron chi connectivity index (χ4n) is 2.87. The van der Waals surface area contributed by atoms with Crippen molar-refractivity contribution in [3.8, 4) is 0 Å². The lowest BCUT2D eigenvalue weighted by Gasteiger charge is -2.32. The zero-order valence-corrected chi connectivity index (χ0v) is 14.7. The van der Waals surface area contributed by atoms with Crippen LogP contribution in [0.3, 0.4) is 0 Å². The van der Waals surface area contributed by atoms with Gasteiger partial charge in [-0.2, -0.15) is 13.8 Å².